The molecule has 0 aromatic carbocycles. The largest absolute Gasteiger partial charge is 0.377 e. The standard InChI is InChI=1S/C19H34N2O5/c1-4-17(22)15-5-7-16(8-6-15)21-18(23)13-26-12-11-25-10-9-20-19(24)14(2)3/h14-16H,4-13H2,1-3H3,(H,20,24)(H,21,23). The highest BCUT2D eigenvalue weighted by atomic mass is 16.5. The second-order valence-corrected chi connectivity index (χ2v) is 7.05. The molecule has 0 saturated heterocycles. The van der Waals surface area contributed by atoms with Gasteiger partial charge in [0.05, 0.1) is 19.8 Å². The Bertz CT molecular complexity index is 445. The van der Waals surface area contributed by atoms with Crippen molar-refractivity contribution in [2.45, 2.75) is 58.9 Å². The molecule has 26 heavy (non-hydrogen) atoms. The summed E-state index contributed by atoms with van der Waals surface area (Å²) in [4.78, 5) is 34.9. The van der Waals surface area contributed by atoms with Gasteiger partial charge in [-0.15, -0.1) is 0 Å². The summed E-state index contributed by atoms with van der Waals surface area (Å²) in [7, 11) is 0. The van der Waals surface area contributed by atoms with Crippen LogP contribution in [0, 0.1) is 11.8 Å². The Morgan fingerprint density at radius 3 is 2.27 bits per heavy atom. The Hall–Kier alpha value is -1.47. The fourth-order valence-electron chi connectivity index (χ4n) is 2.95. The van der Waals surface area contributed by atoms with Crippen LogP contribution in [-0.4, -0.2) is 56.6 Å². The number of amides is 2. The lowest BCUT2D eigenvalue weighted by Crippen LogP contribution is -2.40. The molecule has 0 atom stereocenters. The summed E-state index contributed by atoms with van der Waals surface area (Å²) in [5, 5.41) is 5.73. The van der Waals surface area contributed by atoms with Crippen LogP contribution in [0.5, 0.6) is 0 Å². The molecule has 0 bridgehead atoms. The molecule has 0 aliphatic heterocycles. The zero-order chi connectivity index (χ0) is 19.4. The third kappa shape index (κ3) is 9.29. The van der Waals surface area contributed by atoms with Crippen LogP contribution in [0.4, 0.5) is 0 Å². The second kappa shape index (κ2) is 12.8. The molecule has 0 spiro atoms. The van der Waals surface area contributed by atoms with Crippen LogP contribution in [0.3, 0.4) is 0 Å². The molecular weight excluding hydrogens is 336 g/mol. The van der Waals surface area contributed by atoms with Gasteiger partial charge in [-0.3, -0.25) is 14.4 Å². The average molecular weight is 370 g/mol. The van der Waals surface area contributed by atoms with E-state index >= 15 is 0 Å². The van der Waals surface area contributed by atoms with Crippen molar-refractivity contribution in [3.8, 4) is 0 Å². The van der Waals surface area contributed by atoms with Gasteiger partial charge < -0.3 is 20.1 Å². The average Bonchev–Trinajstić information content (AvgIpc) is 2.63. The van der Waals surface area contributed by atoms with Crippen molar-refractivity contribution in [1.29, 1.82) is 0 Å². The molecule has 0 aromatic heterocycles. The Kier molecular flexibility index (Phi) is 11.1. The van der Waals surface area contributed by atoms with Crippen molar-refractivity contribution in [3.63, 3.8) is 0 Å². The molecule has 1 rings (SSSR count). The topological polar surface area (TPSA) is 93.7 Å². The third-order valence-corrected chi connectivity index (χ3v) is 4.57. The molecule has 7 nitrogen and oxygen atoms in total. The van der Waals surface area contributed by atoms with Crippen LogP contribution >= 0.6 is 0 Å². The van der Waals surface area contributed by atoms with E-state index < -0.39 is 0 Å². The van der Waals surface area contributed by atoms with E-state index in [1.165, 1.54) is 0 Å². The van der Waals surface area contributed by atoms with Crippen molar-refractivity contribution in [2.24, 2.45) is 11.8 Å². The van der Waals surface area contributed by atoms with E-state index in [1.807, 2.05) is 20.8 Å². The molecular formula is C19H34N2O5. The van der Waals surface area contributed by atoms with E-state index in [9.17, 15) is 14.4 Å². The van der Waals surface area contributed by atoms with Crippen LogP contribution in [0.2, 0.25) is 0 Å². The van der Waals surface area contributed by atoms with Crippen molar-refractivity contribution >= 4 is 17.6 Å². The molecule has 0 aromatic rings. The van der Waals surface area contributed by atoms with E-state index in [0.717, 1.165) is 25.7 Å². The Labute approximate surface area is 156 Å². The summed E-state index contributed by atoms with van der Waals surface area (Å²) < 4.78 is 10.6. The molecule has 0 radical (unpaired) electrons. The maximum absolute atomic E-state index is 11.9. The van der Waals surface area contributed by atoms with Gasteiger partial charge in [-0.05, 0) is 25.7 Å². The zero-order valence-corrected chi connectivity index (χ0v) is 16.3. The molecule has 2 N–H and O–H groups in total. The van der Waals surface area contributed by atoms with Gasteiger partial charge in [0.15, 0.2) is 0 Å². The summed E-state index contributed by atoms with van der Waals surface area (Å²) in [6, 6.07) is 0.146. The Balaban J connectivity index is 1.98. The van der Waals surface area contributed by atoms with Gasteiger partial charge in [0.1, 0.15) is 12.4 Å². The fraction of sp³-hybridized carbons (Fsp3) is 0.842. The third-order valence-electron chi connectivity index (χ3n) is 4.57. The minimum absolute atomic E-state index is 0.00890. The smallest absolute Gasteiger partial charge is 0.246 e. The van der Waals surface area contributed by atoms with Crippen LogP contribution in [-0.2, 0) is 23.9 Å². The minimum atomic E-state index is -0.125. The fourth-order valence-corrected chi connectivity index (χ4v) is 2.95. The lowest BCUT2D eigenvalue weighted by Gasteiger charge is -2.28. The molecule has 150 valence electrons. The van der Waals surface area contributed by atoms with Gasteiger partial charge >= 0.3 is 0 Å². The van der Waals surface area contributed by atoms with Crippen molar-refractivity contribution in [1.82, 2.24) is 10.6 Å². The van der Waals surface area contributed by atoms with Crippen molar-refractivity contribution in [2.75, 3.05) is 33.0 Å². The first-order valence-electron chi connectivity index (χ1n) is 9.69. The first kappa shape index (κ1) is 22.6. The van der Waals surface area contributed by atoms with Gasteiger partial charge in [0, 0.05) is 30.8 Å². The zero-order valence-electron chi connectivity index (χ0n) is 16.3. The van der Waals surface area contributed by atoms with E-state index in [0.29, 0.717) is 38.6 Å². The second-order valence-electron chi connectivity index (χ2n) is 7.05. The highest BCUT2D eigenvalue weighted by molar-refractivity contribution is 5.81. The monoisotopic (exact) mass is 370 g/mol. The Morgan fingerprint density at radius 2 is 1.65 bits per heavy atom. The van der Waals surface area contributed by atoms with Crippen molar-refractivity contribution < 1.29 is 23.9 Å². The minimum Gasteiger partial charge on any atom is -0.377 e. The number of hydrogen-bond donors (Lipinski definition) is 2. The van der Waals surface area contributed by atoms with E-state index in [4.69, 9.17) is 9.47 Å². The predicted octanol–water partition coefficient (Wildman–Crippen LogP) is 1.45. The maximum Gasteiger partial charge on any atom is 0.246 e. The number of Topliss-reactive ketones (excluding diaryl/α,β-unsaturated/α-hetero) is 1. The summed E-state index contributed by atoms with van der Waals surface area (Å²) in [5.41, 5.74) is 0. The van der Waals surface area contributed by atoms with E-state index in [2.05, 4.69) is 10.6 Å². The quantitative estimate of drug-likeness (QED) is 0.507. The molecule has 1 saturated carbocycles. The lowest BCUT2D eigenvalue weighted by atomic mass is 9.83. The molecule has 2 amide bonds. The molecule has 0 unspecified atom stereocenters. The van der Waals surface area contributed by atoms with Crippen LogP contribution < -0.4 is 10.6 Å². The van der Waals surface area contributed by atoms with Crippen LogP contribution in [0.1, 0.15) is 52.9 Å². The number of ether oxygens (including phenoxy) is 2. The number of carbonyl (C=O) groups is 3. The van der Waals surface area contributed by atoms with Gasteiger partial charge in [-0.25, -0.2) is 0 Å². The van der Waals surface area contributed by atoms with Crippen molar-refractivity contribution in [3.05, 3.63) is 0 Å². The van der Waals surface area contributed by atoms with Crippen LogP contribution in [0.25, 0.3) is 0 Å². The molecule has 1 fully saturated rings. The van der Waals surface area contributed by atoms with Crippen LogP contribution in [0.15, 0.2) is 0 Å². The predicted molar refractivity (Wildman–Crippen MR) is 98.7 cm³/mol. The summed E-state index contributed by atoms with van der Waals surface area (Å²) in [5.74, 6) is 0.363. The first-order valence-corrected chi connectivity index (χ1v) is 9.69. The van der Waals surface area contributed by atoms with Gasteiger partial charge in [-0.2, -0.15) is 0 Å². The summed E-state index contributed by atoms with van der Waals surface area (Å²) in [6.07, 6.45) is 4.03. The molecule has 1 aliphatic carbocycles. The number of nitrogens with one attached hydrogen (secondary N) is 2. The summed E-state index contributed by atoms with van der Waals surface area (Å²) >= 11 is 0. The molecule has 1 aliphatic rings. The van der Waals surface area contributed by atoms with Gasteiger partial charge in [0.2, 0.25) is 11.8 Å². The first-order chi connectivity index (χ1) is 12.4. The molecule has 0 heterocycles. The number of rotatable bonds is 12. The molecule has 7 heteroatoms. The van der Waals surface area contributed by atoms with E-state index in [1.54, 1.807) is 0 Å². The maximum atomic E-state index is 11.9. The van der Waals surface area contributed by atoms with Gasteiger partial charge in [-0.1, -0.05) is 20.8 Å². The SMILES string of the molecule is CCC(=O)C1CCC(NC(=O)COCCOCCNC(=O)C(C)C)CC1. The number of hydrogen-bond acceptors (Lipinski definition) is 5. The number of ketones is 1. The number of carbonyl (C=O) groups excluding carboxylic acids is 3. The summed E-state index contributed by atoms with van der Waals surface area (Å²) in [6.45, 7) is 7.21. The Morgan fingerprint density at radius 1 is 1.00 bits per heavy atom. The highest BCUT2D eigenvalue weighted by Gasteiger charge is 2.25. The normalized spacial score (nSPS) is 20.0. The van der Waals surface area contributed by atoms with Gasteiger partial charge in [0.25, 0.3) is 0 Å². The highest BCUT2D eigenvalue weighted by Crippen LogP contribution is 2.25. The lowest BCUT2D eigenvalue weighted by molar-refractivity contribution is -0.128. The van der Waals surface area contributed by atoms with E-state index in [-0.39, 0.29) is 36.3 Å².